The van der Waals surface area contributed by atoms with E-state index in [1.807, 2.05) is 13.0 Å². The van der Waals surface area contributed by atoms with E-state index >= 15 is 0 Å². The van der Waals surface area contributed by atoms with Crippen LogP contribution in [0.3, 0.4) is 0 Å². The molecule has 0 aliphatic heterocycles. The maximum Gasteiger partial charge on any atom is 0.267 e. The Morgan fingerprint density at radius 3 is 2.72 bits per heavy atom. The molecule has 0 aliphatic rings. The Labute approximate surface area is 105 Å². The summed E-state index contributed by atoms with van der Waals surface area (Å²) in [5.41, 5.74) is 0.707. The molecule has 90 valence electrons. The highest BCUT2D eigenvalue weighted by Gasteiger charge is 2.10. The van der Waals surface area contributed by atoms with E-state index in [1.54, 1.807) is 30.3 Å². The molecule has 0 heterocycles. The van der Waals surface area contributed by atoms with Crippen molar-refractivity contribution in [1.82, 2.24) is 5.32 Å². The molecule has 0 fully saturated rings. The minimum Gasteiger partial charge on any atom is -0.390 e. The number of nitrogens with one attached hydrogen (secondary N) is 2. The zero-order valence-electron chi connectivity index (χ0n) is 9.90. The number of para-hydroxylation sites is 1. The summed E-state index contributed by atoms with van der Waals surface area (Å²) in [6.45, 7) is 2.47. The summed E-state index contributed by atoms with van der Waals surface area (Å²) in [7, 11) is 0. The van der Waals surface area contributed by atoms with Crippen molar-refractivity contribution in [3.63, 3.8) is 0 Å². The third-order valence-electron chi connectivity index (χ3n) is 2.11. The number of nitrogens with zero attached hydrogens (tertiary/aromatic N) is 2. The summed E-state index contributed by atoms with van der Waals surface area (Å²) in [5, 5.41) is 23.0. The van der Waals surface area contributed by atoms with E-state index in [4.69, 9.17) is 10.5 Å². The van der Waals surface area contributed by atoms with Gasteiger partial charge in [-0.1, -0.05) is 12.1 Å². The van der Waals surface area contributed by atoms with Crippen LogP contribution in [0.5, 0.6) is 0 Å². The molecule has 0 radical (unpaired) electrons. The topological polar surface area (TPSA) is 88.7 Å². The monoisotopic (exact) mass is 240 g/mol. The van der Waals surface area contributed by atoms with Crippen molar-refractivity contribution in [2.45, 2.75) is 6.92 Å². The molecule has 0 spiro atoms. The third-order valence-corrected chi connectivity index (χ3v) is 2.11. The van der Waals surface area contributed by atoms with Crippen molar-refractivity contribution in [3.8, 4) is 12.1 Å². The van der Waals surface area contributed by atoms with Crippen molar-refractivity contribution in [2.75, 3.05) is 11.9 Å². The van der Waals surface area contributed by atoms with Crippen molar-refractivity contribution in [2.24, 2.45) is 0 Å². The minimum absolute atomic E-state index is 0.0374. The summed E-state index contributed by atoms with van der Waals surface area (Å²) in [5.74, 6) is -0.541. The Balaban J connectivity index is 2.88. The molecule has 5 nitrogen and oxygen atoms in total. The minimum atomic E-state index is -0.541. The highest BCUT2D eigenvalue weighted by Crippen LogP contribution is 2.14. The molecule has 1 aromatic rings. The first kappa shape index (κ1) is 13.3. The molecule has 1 amide bonds. The molecule has 0 aliphatic carbocycles. The fourth-order valence-electron chi connectivity index (χ4n) is 1.23. The quantitative estimate of drug-likeness (QED) is 0.616. The summed E-state index contributed by atoms with van der Waals surface area (Å²) in [4.78, 5) is 11.8. The number of amides is 1. The van der Waals surface area contributed by atoms with Crippen LogP contribution < -0.4 is 10.6 Å². The van der Waals surface area contributed by atoms with E-state index in [2.05, 4.69) is 10.6 Å². The van der Waals surface area contributed by atoms with Gasteiger partial charge in [-0.05, 0) is 19.1 Å². The molecule has 0 saturated heterocycles. The van der Waals surface area contributed by atoms with Crippen LogP contribution in [0.4, 0.5) is 5.69 Å². The number of anilines is 1. The number of hydrogen-bond donors (Lipinski definition) is 2. The molecule has 0 atom stereocenters. The highest BCUT2D eigenvalue weighted by atomic mass is 16.1. The first-order valence-corrected chi connectivity index (χ1v) is 5.37. The van der Waals surface area contributed by atoms with Crippen molar-refractivity contribution < 1.29 is 4.79 Å². The maximum atomic E-state index is 11.8. The lowest BCUT2D eigenvalue weighted by molar-refractivity contribution is -0.112. The molecule has 1 rings (SSSR count). The predicted molar refractivity (Wildman–Crippen MR) is 67.2 cm³/mol. The van der Waals surface area contributed by atoms with Crippen LogP contribution in [0.2, 0.25) is 0 Å². The average Bonchev–Trinajstić information content (AvgIpc) is 2.40. The standard InChI is InChI=1S/C13H12N4O/c1-2-16-9-11(8-15)13(18)17-12-6-4-3-5-10(12)7-14/h3-6,9,16H,2H2,1H3,(H,17,18)/b11-9-. The molecule has 0 unspecified atom stereocenters. The molecule has 5 heteroatoms. The van der Waals surface area contributed by atoms with E-state index < -0.39 is 5.91 Å². The van der Waals surface area contributed by atoms with Crippen LogP contribution >= 0.6 is 0 Å². The van der Waals surface area contributed by atoms with E-state index in [9.17, 15) is 4.79 Å². The SMILES string of the molecule is CCN/C=C(/C#N)C(=O)Nc1ccccc1C#N. The lowest BCUT2D eigenvalue weighted by atomic mass is 10.2. The molecule has 0 saturated carbocycles. The molecule has 0 aromatic heterocycles. The Hall–Kier alpha value is -2.79. The molecule has 2 N–H and O–H groups in total. The normalized spacial score (nSPS) is 10.1. The number of hydrogen-bond acceptors (Lipinski definition) is 4. The second-order valence-corrected chi connectivity index (χ2v) is 3.34. The maximum absolute atomic E-state index is 11.8. The van der Waals surface area contributed by atoms with E-state index in [0.717, 1.165) is 0 Å². The molecular weight excluding hydrogens is 228 g/mol. The van der Waals surface area contributed by atoms with Crippen LogP contribution in [0.15, 0.2) is 36.0 Å². The largest absolute Gasteiger partial charge is 0.390 e. The van der Waals surface area contributed by atoms with Gasteiger partial charge in [-0.25, -0.2) is 0 Å². The van der Waals surface area contributed by atoms with Gasteiger partial charge in [-0.2, -0.15) is 10.5 Å². The van der Waals surface area contributed by atoms with Gasteiger partial charge in [0.15, 0.2) is 0 Å². The van der Waals surface area contributed by atoms with Crippen LogP contribution in [-0.2, 0) is 4.79 Å². The van der Waals surface area contributed by atoms with Crippen molar-refractivity contribution in [3.05, 3.63) is 41.6 Å². The average molecular weight is 240 g/mol. The molecule has 0 bridgehead atoms. The number of carbonyl (C=O) groups is 1. The number of rotatable bonds is 4. The first-order chi connectivity index (χ1) is 8.72. The van der Waals surface area contributed by atoms with Gasteiger partial charge in [0.25, 0.3) is 5.91 Å². The molecule has 18 heavy (non-hydrogen) atoms. The van der Waals surface area contributed by atoms with Gasteiger partial charge in [-0.3, -0.25) is 4.79 Å². The van der Waals surface area contributed by atoms with Crippen LogP contribution in [0.1, 0.15) is 12.5 Å². The summed E-state index contributed by atoms with van der Waals surface area (Å²) in [6, 6.07) is 10.4. The van der Waals surface area contributed by atoms with Crippen LogP contribution in [-0.4, -0.2) is 12.5 Å². The number of nitriles is 2. The molecule has 1 aromatic carbocycles. The Morgan fingerprint density at radius 1 is 1.39 bits per heavy atom. The van der Waals surface area contributed by atoms with Gasteiger partial charge in [0, 0.05) is 12.7 Å². The fraction of sp³-hybridized carbons (Fsp3) is 0.154. The lowest BCUT2D eigenvalue weighted by Gasteiger charge is -2.05. The van der Waals surface area contributed by atoms with E-state index in [0.29, 0.717) is 17.8 Å². The predicted octanol–water partition coefficient (Wildman–Crippen LogP) is 1.51. The summed E-state index contributed by atoms with van der Waals surface area (Å²) in [6.07, 6.45) is 1.35. The van der Waals surface area contributed by atoms with E-state index in [-0.39, 0.29) is 5.57 Å². The van der Waals surface area contributed by atoms with Crippen molar-refractivity contribution >= 4 is 11.6 Å². The Morgan fingerprint density at radius 2 is 2.11 bits per heavy atom. The Bertz CT molecular complexity index is 549. The molecular formula is C13H12N4O. The van der Waals surface area contributed by atoms with Gasteiger partial charge in [0.2, 0.25) is 0 Å². The van der Waals surface area contributed by atoms with Crippen LogP contribution in [0, 0.1) is 22.7 Å². The zero-order valence-corrected chi connectivity index (χ0v) is 9.90. The van der Waals surface area contributed by atoms with Crippen LogP contribution in [0.25, 0.3) is 0 Å². The highest BCUT2D eigenvalue weighted by molar-refractivity contribution is 6.07. The number of carbonyl (C=O) groups excluding carboxylic acids is 1. The van der Waals surface area contributed by atoms with Crippen molar-refractivity contribution in [1.29, 1.82) is 10.5 Å². The van der Waals surface area contributed by atoms with Gasteiger partial charge >= 0.3 is 0 Å². The third kappa shape index (κ3) is 3.36. The smallest absolute Gasteiger partial charge is 0.267 e. The van der Waals surface area contributed by atoms with Gasteiger partial charge < -0.3 is 10.6 Å². The second-order valence-electron chi connectivity index (χ2n) is 3.34. The summed E-state index contributed by atoms with van der Waals surface area (Å²) >= 11 is 0. The zero-order chi connectivity index (χ0) is 13.4. The van der Waals surface area contributed by atoms with Gasteiger partial charge in [0.1, 0.15) is 17.7 Å². The lowest BCUT2D eigenvalue weighted by Crippen LogP contribution is -2.17. The van der Waals surface area contributed by atoms with E-state index in [1.165, 1.54) is 6.20 Å². The fourth-order valence-corrected chi connectivity index (χ4v) is 1.23. The second kappa shape index (κ2) is 6.72. The first-order valence-electron chi connectivity index (χ1n) is 5.37. The Kier molecular flexibility index (Phi) is 4.96. The summed E-state index contributed by atoms with van der Waals surface area (Å²) < 4.78 is 0. The van der Waals surface area contributed by atoms with Gasteiger partial charge in [0.05, 0.1) is 11.3 Å². The number of benzene rings is 1. The van der Waals surface area contributed by atoms with Gasteiger partial charge in [-0.15, -0.1) is 0 Å².